The highest BCUT2D eigenvalue weighted by molar-refractivity contribution is 5.66. The van der Waals surface area contributed by atoms with Crippen molar-refractivity contribution in [3.63, 3.8) is 0 Å². The van der Waals surface area contributed by atoms with Crippen LogP contribution in [0.2, 0.25) is 0 Å². The molecule has 1 aliphatic carbocycles. The van der Waals surface area contributed by atoms with Gasteiger partial charge in [-0.3, -0.25) is 4.79 Å². The van der Waals surface area contributed by atoms with Gasteiger partial charge in [-0.25, -0.2) is 0 Å². The van der Waals surface area contributed by atoms with Crippen LogP contribution in [0.25, 0.3) is 0 Å². The van der Waals surface area contributed by atoms with Gasteiger partial charge < -0.3 is 10.2 Å². The lowest BCUT2D eigenvalue weighted by Gasteiger charge is -2.18. The van der Waals surface area contributed by atoms with E-state index in [1.807, 2.05) is 6.08 Å². The topological polar surface area (TPSA) is 57.5 Å². The van der Waals surface area contributed by atoms with Gasteiger partial charge in [0.2, 0.25) is 0 Å². The van der Waals surface area contributed by atoms with Gasteiger partial charge in [-0.05, 0) is 19.3 Å². The van der Waals surface area contributed by atoms with Crippen molar-refractivity contribution in [1.82, 2.24) is 0 Å². The number of carboxylic acids is 1. The molecule has 62 valence electrons. The first-order valence-electron chi connectivity index (χ1n) is 3.74. The Morgan fingerprint density at radius 3 is 2.82 bits per heavy atom. The summed E-state index contributed by atoms with van der Waals surface area (Å²) in [4.78, 5) is 10.2. The number of allylic oxidation sites excluding steroid dienone is 1. The Kier molecular flexibility index (Phi) is 2.29. The number of aliphatic hydroxyl groups is 1. The van der Waals surface area contributed by atoms with Crippen LogP contribution in [0.1, 0.15) is 25.7 Å². The summed E-state index contributed by atoms with van der Waals surface area (Å²) >= 11 is 0. The minimum absolute atomic E-state index is 0.0425. The Bertz CT molecular complexity index is 186. The van der Waals surface area contributed by atoms with Crippen molar-refractivity contribution in [2.45, 2.75) is 31.3 Å². The van der Waals surface area contributed by atoms with E-state index in [9.17, 15) is 9.90 Å². The molecule has 11 heavy (non-hydrogen) atoms. The van der Waals surface area contributed by atoms with Gasteiger partial charge in [0.1, 0.15) is 0 Å². The molecule has 1 rings (SSSR count). The van der Waals surface area contributed by atoms with Gasteiger partial charge >= 0.3 is 5.97 Å². The zero-order valence-electron chi connectivity index (χ0n) is 6.29. The van der Waals surface area contributed by atoms with E-state index < -0.39 is 11.6 Å². The summed E-state index contributed by atoms with van der Waals surface area (Å²) in [5, 5.41) is 17.9. The lowest BCUT2D eigenvalue weighted by Crippen LogP contribution is -2.23. The van der Waals surface area contributed by atoms with Gasteiger partial charge in [-0.15, -0.1) is 0 Å². The quantitative estimate of drug-likeness (QED) is 0.598. The second-order valence-corrected chi connectivity index (χ2v) is 2.94. The molecule has 0 heterocycles. The molecule has 0 saturated heterocycles. The maximum Gasteiger partial charge on any atom is 0.303 e. The molecule has 0 saturated carbocycles. The van der Waals surface area contributed by atoms with Gasteiger partial charge in [-0.1, -0.05) is 12.2 Å². The Balaban J connectivity index is 2.35. The van der Waals surface area contributed by atoms with Crippen molar-refractivity contribution in [2.75, 3.05) is 0 Å². The average Bonchev–Trinajstić information content (AvgIpc) is 2.33. The first-order valence-corrected chi connectivity index (χ1v) is 3.74. The summed E-state index contributed by atoms with van der Waals surface area (Å²) in [6.07, 6.45) is 5.49. The summed E-state index contributed by atoms with van der Waals surface area (Å²) in [5.74, 6) is -0.848. The van der Waals surface area contributed by atoms with Crippen LogP contribution in [-0.4, -0.2) is 21.8 Å². The van der Waals surface area contributed by atoms with Crippen LogP contribution in [0.3, 0.4) is 0 Å². The summed E-state index contributed by atoms with van der Waals surface area (Å²) in [6.45, 7) is 0. The summed E-state index contributed by atoms with van der Waals surface area (Å²) in [5.41, 5.74) is -0.835. The standard InChI is InChI=1S/C8H12O3/c9-7(10)3-6-8(11)4-1-2-5-8/h1,4,11H,2-3,5-6H2,(H,9,10). The van der Waals surface area contributed by atoms with Crippen LogP contribution in [0.5, 0.6) is 0 Å². The zero-order valence-corrected chi connectivity index (χ0v) is 6.29. The largest absolute Gasteiger partial charge is 0.481 e. The molecule has 2 N–H and O–H groups in total. The summed E-state index contributed by atoms with van der Waals surface area (Å²) < 4.78 is 0. The fourth-order valence-electron chi connectivity index (χ4n) is 1.25. The molecule has 0 bridgehead atoms. The van der Waals surface area contributed by atoms with Gasteiger partial charge in [-0.2, -0.15) is 0 Å². The molecule has 0 spiro atoms. The molecule has 0 amide bonds. The van der Waals surface area contributed by atoms with Crippen LogP contribution in [0.4, 0.5) is 0 Å². The monoisotopic (exact) mass is 156 g/mol. The predicted molar refractivity (Wildman–Crippen MR) is 40.2 cm³/mol. The molecule has 0 radical (unpaired) electrons. The fourth-order valence-corrected chi connectivity index (χ4v) is 1.25. The van der Waals surface area contributed by atoms with E-state index in [1.54, 1.807) is 6.08 Å². The van der Waals surface area contributed by atoms with E-state index in [2.05, 4.69) is 0 Å². The van der Waals surface area contributed by atoms with E-state index in [0.717, 1.165) is 6.42 Å². The number of carboxylic acid groups (broad SMARTS) is 1. The maximum atomic E-state index is 10.2. The Hall–Kier alpha value is -0.830. The molecule has 0 aliphatic heterocycles. The highest BCUT2D eigenvalue weighted by Gasteiger charge is 2.26. The molecule has 3 heteroatoms. The molecular weight excluding hydrogens is 144 g/mol. The second kappa shape index (κ2) is 3.05. The molecule has 3 nitrogen and oxygen atoms in total. The first-order chi connectivity index (χ1) is 5.12. The molecule has 1 atom stereocenters. The average molecular weight is 156 g/mol. The lowest BCUT2D eigenvalue weighted by molar-refractivity contribution is -0.138. The van der Waals surface area contributed by atoms with E-state index in [4.69, 9.17) is 5.11 Å². The van der Waals surface area contributed by atoms with Crippen LogP contribution in [-0.2, 0) is 4.79 Å². The van der Waals surface area contributed by atoms with E-state index in [0.29, 0.717) is 12.8 Å². The smallest absolute Gasteiger partial charge is 0.303 e. The highest BCUT2D eigenvalue weighted by atomic mass is 16.4. The molecule has 0 aromatic heterocycles. The fraction of sp³-hybridized carbons (Fsp3) is 0.625. The lowest BCUT2D eigenvalue weighted by atomic mass is 9.97. The van der Waals surface area contributed by atoms with Crippen LogP contribution < -0.4 is 0 Å². The number of carbonyl (C=O) groups is 1. The first kappa shape index (κ1) is 8.27. The van der Waals surface area contributed by atoms with Gasteiger partial charge in [0.05, 0.1) is 5.60 Å². The predicted octanol–water partition coefficient (Wildman–Crippen LogP) is 0.932. The number of aliphatic carboxylic acids is 1. The molecule has 0 aromatic rings. The van der Waals surface area contributed by atoms with Gasteiger partial charge in [0.25, 0.3) is 0 Å². The normalized spacial score (nSPS) is 29.2. The Morgan fingerprint density at radius 1 is 1.64 bits per heavy atom. The maximum absolute atomic E-state index is 10.2. The van der Waals surface area contributed by atoms with Crippen molar-refractivity contribution in [2.24, 2.45) is 0 Å². The minimum Gasteiger partial charge on any atom is -0.481 e. The van der Waals surface area contributed by atoms with Crippen molar-refractivity contribution in [1.29, 1.82) is 0 Å². The van der Waals surface area contributed by atoms with Crippen molar-refractivity contribution in [3.05, 3.63) is 12.2 Å². The minimum atomic E-state index is -0.848. The van der Waals surface area contributed by atoms with Gasteiger partial charge in [0.15, 0.2) is 0 Å². The van der Waals surface area contributed by atoms with Crippen LogP contribution in [0.15, 0.2) is 12.2 Å². The molecule has 0 aromatic carbocycles. The summed E-state index contributed by atoms with van der Waals surface area (Å²) in [6, 6.07) is 0. The SMILES string of the molecule is O=C(O)CCC1(O)C=CCC1. The molecule has 0 fully saturated rings. The van der Waals surface area contributed by atoms with E-state index >= 15 is 0 Å². The molecular formula is C8H12O3. The third-order valence-electron chi connectivity index (χ3n) is 1.94. The van der Waals surface area contributed by atoms with Crippen molar-refractivity contribution >= 4 is 5.97 Å². The zero-order chi connectivity index (χ0) is 8.32. The third kappa shape index (κ3) is 2.35. The highest BCUT2D eigenvalue weighted by Crippen LogP contribution is 2.26. The number of hydrogen-bond donors (Lipinski definition) is 2. The van der Waals surface area contributed by atoms with Crippen LogP contribution in [0, 0.1) is 0 Å². The number of hydrogen-bond acceptors (Lipinski definition) is 2. The Morgan fingerprint density at radius 2 is 2.36 bits per heavy atom. The molecule has 1 aliphatic rings. The van der Waals surface area contributed by atoms with Crippen molar-refractivity contribution in [3.8, 4) is 0 Å². The van der Waals surface area contributed by atoms with Crippen molar-refractivity contribution < 1.29 is 15.0 Å². The summed E-state index contributed by atoms with van der Waals surface area (Å²) in [7, 11) is 0. The molecule has 1 unspecified atom stereocenters. The van der Waals surface area contributed by atoms with E-state index in [1.165, 1.54) is 0 Å². The van der Waals surface area contributed by atoms with Gasteiger partial charge in [0, 0.05) is 6.42 Å². The third-order valence-corrected chi connectivity index (χ3v) is 1.94. The van der Waals surface area contributed by atoms with Crippen LogP contribution >= 0.6 is 0 Å². The Labute approximate surface area is 65.3 Å². The second-order valence-electron chi connectivity index (χ2n) is 2.94. The number of rotatable bonds is 3. The van der Waals surface area contributed by atoms with E-state index in [-0.39, 0.29) is 6.42 Å².